The van der Waals surface area contributed by atoms with Crippen molar-refractivity contribution < 1.29 is 13.5 Å². The van der Waals surface area contributed by atoms with Crippen LogP contribution < -0.4 is 15.4 Å². The summed E-state index contributed by atoms with van der Waals surface area (Å²) >= 11 is 12.8. The minimum absolute atomic E-state index is 0.229. The highest BCUT2D eigenvalue weighted by Crippen LogP contribution is 2.40. The molecule has 0 unspecified atom stereocenters. The van der Waals surface area contributed by atoms with E-state index in [2.05, 4.69) is 15.6 Å². The Balaban J connectivity index is 1.55. The third kappa shape index (κ3) is 5.09. The van der Waals surface area contributed by atoms with Crippen molar-refractivity contribution in [3.8, 4) is 17.1 Å². The van der Waals surface area contributed by atoms with Crippen molar-refractivity contribution in [3.05, 3.63) is 63.8 Å². The number of fused-ring (bicyclic) bond motifs is 1. The van der Waals surface area contributed by atoms with E-state index in [0.29, 0.717) is 62.3 Å². The summed E-state index contributed by atoms with van der Waals surface area (Å²) in [7, 11) is 1.56. The first kappa shape index (κ1) is 24.7. The lowest BCUT2D eigenvalue weighted by atomic mass is 9.99. The molecule has 0 aliphatic carbocycles. The number of rotatable bonds is 7. The Morgan fingerprint density at radius 1 is 1.17 bits per heavy atom. The van der Waals surface area contributed by atoms with Crippen LogP contribution in [0.25, 0.3) is 22.6 Å². The molecule has 0 bridgehead atoms. The number of methoxy groups -OCH3 is 1. The van der Waals surface area contributed by atoms with Gasteiger partial charge in [0.05, 0.1) is 23.9 Å². The lowest BCUT2D eigenvalue weighted by Crippen LogP contribution is -2.32. The Bertz CT molecular complexity index is 1410. The van der Waals surface area contributed by atoms with Crippen molar-refractivity contribution in [2.75, 3.05) is 25.5 Å². The SMILES string of the molecule is COc1cc(Cl)cc(Cl)c1-c1nc2cnc(NCc3ccc(F)c(F)c3)nc2n1C[C@@H]1CCCNC1. The van der Waals surface area contributed by atoms with E-state index in [-0.39, 0.29) is 6.54 Å². The number of halogens is 4. The Kier molecular flexibility index (Phi) is 7.22. The van der Waals surface area contributed by atoms with E-state index in [0.717, 1.165) is 38.1 Å². The molecule has 0 spiro atoms. The predicted octanol–water partition coefficient (Wildman–Crippen LogP) is 5.70. The molecule has 3 heterocycles. The third-order valence-corrected chi connectivity index (χ3v) is 6.74. The van der Waals surface area contributed by atoms with Gasteiger partial charge in [-0.15, -0.1) is 0 Å². The monoisotopic (exact) mass is 532 g/mol. The van der Waals surface area contributed by atoms with Gasteiger partial charge in [-0.05, 0) is 61.7 Å². The summed E-state index contributed by atoms with van der Waals surface area (Å²) in [6.45, 7) is 2.79. The number of benzene rings is 2. The van der Waals surface area contributed by atoms with Gasteiger partial charge in [0.1, 0.15) is 17.1 Å². The van der Waals surface area contributed by atoms with Gasteiger partial charge >= 0.3 is 0 Å². The molecule has 7 nitrogen and oxygen atoms in total. The van der Waals surface area contributed by atoms with Gasteiger partial charge < -0.3 is 19.9 Å². The zero-order valence-electron chi connectivity index (χ0n) is 19.5. The minimum atomic E-state index is -0.900. The number of anilines is 1. The number of hydrogen-bond donors (Lipinski definition) is 2. The summed E-state index contributed by atoms with van der Waals surface area (Å²) in [5.74, 6) is 0.0534. The van der Waals surface area contributed by atoms with Crippen molar-refractivity contribution in [3.63, 3.8) is 0 Å². The van der Waals surface area contributed by atoms with Crippen molar-refractivity contribution in [2.45, 2.75) is 25.9 Å². The van der Waals surface area contributed by atoms with E-state index in [1.807, 2.05) is 4.57 Å². The highest BCUT2D eigenvalue weighted by atomic mass is 35.5. The van der Waals surface area contributed by atoms with Gasteiger partial charge in [0.15, 0.2) is 17.3 Å². The van der Waals surface area contributed by atoms with Crippen molar-refractivity contribution in [1.82, 2.24) is 24.8 Å². The normalized spacial score (nSPS) is 15.9. The van der Waals surface area contributed by atoms with Crippen molar-refractivity contribution in [2.24, 2.45) is 5.92 Å². The zero-order valence-corrected chi connectivity index (χ0v) is 21.0. The molecule has 1 fully saturated rings. The topological polar surface area (TPSA) is 76.9 Å². The molecule has 1 saturated heterocycles. The number of ether oxygens (including phenoxy) is 1. The predicted molar refractivity (Wildman–Crippen MR) is 137 cm³/mol. The van der Waals surface area contributed by atoms with Gasteiger partial charge in [0.25, 0.3) is 0 Å². The maximum Gasteiger partial charge on any atom is 0.225 e. The Labute approximate surface area is 216 Å². The minimum Gasteiger partial charge on any atom is -0.496 e. The molecular formula is C25H24Cl2F2N6O. The number of aromatic nitrogens is 4. The van der Waals surface area contributed by atoms with E-state index < -0.39 is 11.6 Å². The summed E-state index contributed by atoms with van der Waals surface area (Å²) in [6.07, 6.45) is 3.79. The highest BCUT2D eigenvalue weighted by molar-refractivity contribution is 6.36. The average Bonchev–Trinajstić information content (AvgIpc) is 3.21. The fourth-order valence-electron chi connectivity index (χ4n) is 4.46. The summed E-state index contributed by atoms with van der Waals surface area (Å²) in [4.78, 5) is 13.9. The second kappa shape index (κ2) is 10.5. The fraction of sp³-hybridized carbons (Fsp3) is 0.320. The second-order valence-corrected chi connectivity index (χ2v) is 9.57. The van der Waals surface area contributed by atoms with Crippen LogP contribution in [0.15, 0.2) is 36.5 Å². The van der Waals surface area contributed by atoms with Crippen LogP contribution in [-0.4, -0.2) is 39.7 Å². The number of imidazole rings is 1. The summed E-state index contributed by atoms with van der Waals surface area (Å²) in [6, 6.07) is 7.12. The fourth-order valence-corrected chi connectivity index (χ4v) is 5.02. The molecule has 2 aromatic carbocycles. The van der Waals surface area contributed by atoms with Crippen LogP contribution in [0.3, 0.4) is 0 Å². The van der Waals surface area contributed by atoms with Crippen LogP contribution in [0, 0.1) is 17.6 Å². The van der Waals surface area contributed by atoms with E-state index in [1.165, 1.54) is 6.07 Å². The molecule has 2 N–H and O–H groups in total. The molecule has 36 heavy (non-hydrogen) atoms. The largest absolute Gasteiger partial charge is 0.496 e. The van der Waals surface area contributed by atoms with Gasteiger partial charge in [0.2, 0.25) is 5.95 Å². The maximum atomic E-state index is 13.6. The van der Waals surface area contributed by atoms with E-state index in [4.69, 9.17) is 37.9 Å². The number of nitrogens with one attached hydrogen (secondary N) is 2. The molecule has 11 heteroatoms. The van der Waals surface area contributed by atoms with E-state index in [9.17, 15) is 8.78 Å². The summed E-state index contributed by atoms with van der Waals surface area (Å²) < 4.78 is 34.5. The molecule has 0 amide bonds. The molecule has 0 saturated carbocycles. The molecule has 1 atom stereocenters. The van der Waals surface area contributed by atoms with Gasteiger partial charge in [0, 0.05) is 18.1 Å². The highest BCUT2D eigenvalue weighted by Gasteiger charge is 2.24. The molecule has 4 aromatic rings. The second-order valence-electron chi connectivity index (χ2n) is 8.73. The van der Waals surface area contributed by atoms with Gasteiger partial charge in [-0.25, -0.2) is 18.7 Å². The van der Waals surface area contributed by atoms with Crippen LogP contribution >= 0.6 is 23.2 Å². The van der Waals surface area contributed by atoms with Crippen LogP contribution in [0.2, 0.25) is 10.0 Å². The first-order valence-electron chi connectivity index (χ1n) is 11.6. The number of piperidine rings is 1. The number of hydrogen-bond acceptors (Lipinski definition) is 6. The molecule has 1 aliphatic heterocycles. The molecule has 2 aromatic heterocycles. The third-order valence-electron chi connectivity index (χ3n) is 6.22. The lowest BCUT2D eigenvalue weighted by molar-refractivity contribution is 0.340. The molecule has 5 rings (SSSR count). The molecular weight excluding hydrogens is 509 g/mol. The zero-order chi connectivity index (χ0) is 25.2. The molecule has 0 radical (unpaired) electrons. The Morgan fingerprint density at radius 3 is 2.78 bits per heavy atom. The smallest absolute Gasteiger partial charge is 0.225 e. The van der Waals surface area contributed by atoms with Crippen molar-refractivity contribution in [1.29, 1.82) is 0 Å². The van der Waals surface area contributed by atoms with E-state index in [1.54, 1.807) is 25.4 Å². The quantitative estimate of drug-likeness (QED) is 0.318. The maximum absolute atomic E-state index is 13.6. The van der Waals surface area contributed by atoms with Gasteiger partial charge in [-0.1, -0.05) is 29.3 Å². The number of nitrogens with zero attached hydrogens (tertiary/aromatic N) is 4. The lowest BCUT2D eigenvalue weighted by Gasteiger charge is -2.24. The van der Waals surface area contributed by atoms with Crippen molar-refractivity contribution >= 4 is 40.3 Å². The first-order chi connectivity index (χ1) is 17.4. The average molecular weight is 533 g/mol. The molecule has 188 valence electrons. The molecule has 1 aliphatic rings. The summed E-state index contributed by atoms with van der Waals surface area (Å²) in [5.41, 5.74) is 2.42. The van der Waals surface area contributed by atoms with Crippen LogP contribution in [0.4, 0.5) is 14.7 Å². The van der Waals surface area contributed by atoms with Crippen LogP contribution in [-0.2, 0) is 13.1 Å². The first-order valence-corrected chi connectivity index (χ1v) is 12.3. The Hall–Kier alpha value is -3.01. The van der Waals surface area contributed by atoms with Crippen LogP contribution in [0.5, 0.6) is 5.75 Å². The van der Waals surface area contributed by atoms with Crippen LogP contribution in [0.1, 0.15) is 18.4 Å². The van der Waals surface area contributed by atoms with Gasteiger partial charge in [-0.2, -0.15) is 4.98 Å². The Morgan fingerprint density at radius 2 is 2.03 bits per heavy atom. The van der Waals surface area contributed by atoms with Gasteiger partial charge in [-0.3, -0.25) is 0 Å². The van der Waals surface area contributed by atoms with E-state index >= 15 is 0 Å². The standard InChI is InChI=1S/C25H24Cl2F2N6O/c1-36-21-9-16(26)8-17(27)22(21)24-33-20-12-32-25(31-11-14-4-5-18(28)19(29)7-14)34-23(20)35(24)13-15-3-2-6-30-10-15/h4-5,7-9,12,15,30H,2-3,6,10-11,13H2,1H3,(H,31,32,34)/t15-/m1/s1. The summed E-state index contributed by atoms with van der Waals surface area (Å²) in [5, 5.41) is 7.42.